The minimum Gasteiger partial charge on any atom is -0.368 e. The Kier molecular flexibility index (Phi) is 29.5. The quantitative estimate of drug-likeness (QED) is 0.0193. The van der Waals surface area contributed by atoms with Gasteiger partial charge in [-0.3, -0.25) is 0 Å². The highest BCUT2D eigenvalue weighted by Gasteiger charge is 2.13. The summed E-state index contributed by atoms with van der Waals surface area (Å²) in [6.45, 7) is 19.5. The van der Waals surface area contributed by atoms with Crippen LogP contribution in [0.4, 0.5) is 59.5 Å². The van der Waals surface area contributed by atoms with Crippen LogP contribution in [0.5, 0.6) is 0 Å². The van der Waals surface area contributed by atoms with Gasteiger partial charge in [0.25, 0.3) is 0 Å². The third-order valence-electron chi connectivity index (χ3n) is 9.68. The van der Waals surface area contributed by atoms with E-state index < -0.39 is 0 Å². The topological polar surface area (TPSA) is 416 Å². The van der Waals surface area contributed by atoms with Crippen LogP contribution in [-0.4, -0.2) is 203 Å². The molecule has 81 heavy (non-hydrogen) atoms. The standard InChI is InChI=1S/C44H73N31S6/c1-7-76-39-60-27(58-30(67-39)49-14-13-45)25-48-16-18-51-33-64-34(71-42(70-33)79-10-4)54-21-22-55-37-66-38(75-44(74-37)81-12-6)57-24-23-56-36-65-35(72-43(73-36)80-11-5)53-20-19-52-31-59-28(61-40(68-31)77-8-2)26-47-15-17-50-32-62-29(46)63-41(69-32)78-9-3/h47-48H,7-26,45H2,1-6H3,(H,49,58,60,67)(H,52,59,61,68)(H3,46,50,62,63,69)(H2,51,54,64,70,71)(H2,53,56,65,72,73)(H2,55,57,66,74,75). The summed E-state index contributed by atoms with van der Waals surface area (Å²) in [5.41, 5.74) is 11.5. The van der Waals surface area contributed by atoms with Crippen molar-refractivity contribution in [3.63, 3.8) is 0 Å². The van der Waals surface area contributed by atoms with Crippen LogP contribution in [0, 0.1) is 0 Å². The summed E-state index contributed by atoms with van der Waals surface area (Å²) in [5, 5.41) is 40.0. The van der Waals surface area contributed by atoms with Crippen molar-refractivity contribution in [1.29, 1.82) is 0 Å². The molecule has 0 bridgehead atoms. The molecule has 0 amide bonds. The fourth-order valence-electron chi connectivity index (χ4n) is 6.43. The third-order valence-corrected chi connectivity index (χ3v) is 14.1. The molecule has 0 atom stereocenters. The zero-order chi connectivity index (χ0) is 57.3. The molecule has 0 spiro atoms. The van der Waals surface area contributed by atoms with Gasteiger partial charge >= 0.3 is 0 Å². The molecule has 15 N–H and O–H groups in total. The highest BCUT2D eigenvalue weighted by Crippen LogP contribution is 2.21. The van der Waals surface area contributed by atoms with E-state index in [-0.39, 0.29) is 5.95 Å². The number of rotatable bonds is 42. The molecule has 6 rings (SSSR count). The predicted molar refractivity (Wildman–Crippen MR) is 331 cm³/mol. The van der Waals surface area contributed by atoms with E-state index in [1.54, 1.807) is 23.5 Å². The van der Waals surface area contributed by atoms with Crippen LogP contribution >= 0.6 is 70.6 Å². The third kappa shape index (κ3) is 24.6. The van der Waals surface area contributed by atoms with Crippen molar-refractivity contribution < 1.29 is 0 Å². The van der Waals surface area contributed by atoms with E-state index in [4.69, 9.17) is 11.5 Å². The first kappa shape index (κ1) is 64.2. The van der Waals surface area contributed by atoms with Crippen molar-refractivity contribution in [2.24, 2.45) is 5.73 Å². The number of nitrogen functional groups attached to an aromatic ring is 1. The van der Waals surface area contributed by atoms with Crippen molar-refractivity contribution >= 4 is 130 Å². The van der Waals surface area contributed by atoms with Crippen molar-refractivity contribution in [3.8, 4) is 0 Å². The van der Waals surface area contributed by atoms with Gasteiger partial charge in [-0.25, -0.2) is 9.97 Å². The Morgan fingerprint density at radius 1 is 0.272 bits per heavy atom. The van der Waals surface area contributed by atoms with Crippen molar-refractivity contribution in [1.82, 2.24) is 100 Å². The van der Waals surface area contributed by atoms with Gasteiger partial charge in [0.15, 0.2) is 30.9 Å². The molecular weight excluding hydrogens is 1160 g/mol. The Hall–Kier alpha value is -5.96. The first-order valence-electron chi connectivity index (χ1n) is 26.5. The number of anilines is 10. The minimum absolute atomic E-state index is 0.184. The van der Waals surface area contributed by atoms with E-state index in [1.807, 2.05) is 6.92 Å². The number of hydrogen-bond donors (Lipinski definition) is 13. The Morgan fingerprint density at radius 3 is 0.790 bits per heavy atom. The number of nitrogens with two attached hydrogens (primary N) is 2. The van der Waals surface area contributed by atoms with Gasteiger partial charge < -0.3 is 70.0 Å². The average molecular weight is 1230 g/mol. The highest BCUT2D eigenvalue weighted by atomic mass is 32.2. The summed E-state index contributed by atoms with van der Waals surface area (Å²) in [6.07, 6.45) is 0. The van der Waals surface area contributed by atoms with E-state index in [0.717, 1.165) is 34.5 Å². The maximum atomic E-state index is 5.85. The molecule has 31 nitrogen and oxygen atoms in total. The molecule has 0 aliphatic carbocycles. The lowest BCUT2D eigenvalue weighted by atomic mass is 10.5. The van der Waals surface area contributed by atoms with E-state index in [0.29, 0.717) is 188 Å². The predicted octanol–water partition coefficient (Wildman–Crippen LogP) is 3.40. The van der Waals surface area contributed by atoms with Gasteiger partial charge in [-0.2, -0.15) is 79.7 Å². The maximum absolute atomic E-state index is 5.85. The van der Waals surface area contributed by atoms with Crippen LogP contribution in [0.15, 0.2) is 30.9 Å². The molecule has 6 heterocycles. The molecule has 0 radical (unpaired) electrons. The molecule has 0 aliphatic rings. The van der Waals surface area contributed by atoms with Gasteiger partial charge in [0.1, 0.15) is 11.6 Å². The minimum atomic E-state index is 0.184. The van der Waals surface area contributed by atoms with Crippen LogP contribution in [0.2, 0.25) is 0 Å². The van der Waals surface area contributed by atoms with E-state index in [1.165, 1.54) is 47.0 Å². The number of hydrogen-bond acceptors (Lipinski definition) is 37. The van der Waals surface area contributed by atoms with E-state index >= 15 is 0 Å². The molecule has 0 aliphatic heterocycles. The largest absolute Gasteiger partial charge is 0.368 e. The molecule has 0 aromatic carbocycles. The van der Waals surface area contributed by atoms with Crippen LogP contribution in [0.1, 0.15) is 53.2 Å². The summed E-state index contributed by atoms with van der Waals surface area (Å²) in [4.78, 5) is 81.8. The Labute approximate surface area is 497 Å². The summed E-state index contributed by atoms with van der Waals surface area (Å²) >= 11 is 9.21. The zero-order valence-corrected chi connectivity index (χ0v) is 51.2. The molecule has 0 fully saturated rings. The lowest BCUT2D eigenvalue weighted by Gasteiger charge is -2.12. The van der Waals surface area contributed by atoms with Gasteiger partial charge in [-0.15, -0.1) is 0 Å². The second-order valence-electron chi connectivity index (χ2n) is 15.9. The Balaban J connectivity index is 0.934. The molecule has 37 heteroatoms. The SMILES string of the molecule is CCSc1nc(N)nc(NCCNCc2nc(NCCNc3nc(NCCNc4nc(NCCNc5nc(NCCNCc6nc(NCCN)nc(SCC)n6)nc(SCC)n5)nc(SCC)n4)nc(SCC)n3)nc(SCC)n2)n1. The second-order valence-corrected chi connectivity index (χ2v) is 23.3. The average Bonchev–Trinajstić information content (AvgIpc) is 3.45. The summed E-state index contributed by atoms with van der Waals surface area (Å²) in [7, 11) is 0. The Morgan fingerprint density at radius 2 is 0.506 bits per heavy atom. The molecule has 440 valence electrons. The van der Waals surface area contributed by atoms with Crippen molar-refractivity contribution in [2.75, 3.05) is 167 Å². The first-order chi connectivity index (χ1) is 39.7. The normalized spacial score (nSPS) is 11.1. The number of aromatic nitrogens is 18. The molecule has 6 aromatic rings. The van der Waals surface area contributed by atoms with Gasteiger partial charge in [0.2, 0.25) is 59.5 Å². The number of thioether (sulfide) groups is 6. The smallest absolute Gasteiger partial charge is 0.228 e. The fourth-order valence-corrected chi connectivity index (χ4v) is 9.83. The van der Waals surface area contributed by atoms with Gasteiger partial charge in [-0.1, -0.05) is 112 Å². The summed E-state index contributed by atoms with van der Waals surface area (Å²) < 4.78 is 0. The lowest BCUT2D eigenvalue weighted by Crippen LogP contribution is -2.24. The van der Waals surface area contributed by atoms with Gasteiger partial charge in [0.05, 0.1) is 13.1 Å². The lowest BCUT2D eigenvalue weighted by molar-refractivity contribution is 0.657. The number of nitrogens with one attached hydrogen (secondary N) is 11. The fraction of sp³-hybridized carbons (Fsp3) is 0.591. The molecule has 6 aromatic heterocycles. The van der Waals surface area contributed by atoms with E-state index in [2.05, 4.69) is 183 Å². The Bertz CT molecular complexity index is 2790. The van der Waals surface area contributed by atoms with Crippen LogP contribution in [0.25, 0.3) is 0 Å². The van der Waals surface area contributed by atoms with Gasteiger partial charge in [0, 0.05) is 78.5 Å². The summed E-state index contributed by atoms with van der Waals surface area (Å²) in [6, 6.07) is 0. The molecule has 0 saturated carbocycles. The molecule has 0 saturated heterocycles. The van der Waals surface area contributed by atoms with Crippen LogP contribution in [0.3, 0.4) is 0 Å². The number of nitrogens with zero attached hydrogens (tertiary/aromatic N) is 18. The van der Waals surface area contributed by atoms with Gasteiger partial charge in [-0.05, 0) is 34.5 Å². The zero-order valence-electron chi connectivity index (χ0n) is 46.3. The highest BCUT2D eigenvalue weighted by molar-refractivity contribution is 8.00. The first-order valence-corrected chi connectivity index (χ1v) is 32.4. The van der Waals surface area contributed by atoms with Crippen LogP contribution < -0.4 is 70.0 Å². The molecular formula is C44H73N31S6. The second kappa shape index (κ2) is 37.2. The molecule has 0 unspecified atom stereocenters. The maximum Gasteiger partial charge on any atom is 0.228 e. The monoisotopic (exact) mass is 1230 g/mol. The summed E-state index contributed by atoms with van der Waals surface area (Å²) in [5.74, 6) is 10.5. The van der Waals surface area contributed by atoms with Crippen molar-refractivity contribution in [2.45, 2.75) is 85.6 Å². The van der Waals surface area contributed by atoms with Crippen LogP contribution in [-0.2, 0) is 13.1 Å². The van der Waals surface area contributed by atoms with E-state index in [9.17, 15) is 0 Å². The van der Waals surface area contributed by atoms with Crippen molar-refractivity contribution in [3.05, 3.63) is 11.6 Å².